The molecule has 1 unspecified atom stereocenters. The minimum Gasteiger partial charge on any atom is -0.350 e. The van der Waals surface area contributed by atoms with Crippen LogP contribution in [0, 0.1) is 0 Å². The van der Waals surface area contributed by atoms with Gasteiger partial charge >= 0.3 is 0 Å². The molecule has 116 valence electrons. The number of halogens is 1. The van der Waals surface area contributed by atoms with Crippen molar-refractivity contribution in [3.8, 4) is 0 Å². The van der Waals surface area contributed by atoms with Crippen LogP contribution in [0.4, 0.5) is 5.69 Å². The highest BCUT2D eigenvalue weighted by Gasteiger charge is 2.22. The zero-order valence-corrected chi connectivity index (χ0v) is 13.2. The third kappa shape index (κ3) is 4.44. The van der Waals surface area contributed by atoms with E-state index < -0.39 is 0 Å². The molecule has 1 saturated heterocycles. The molecule has 1 atom stereocenters. The summed E-state index contributed by atoms with van der Waals surface area (Å²) in [7, 11) is 1.86. The molecule has 0 aromatic heterocycles. The molecule has 5 nitrogen and oxygen atoms in total. The minimum absolute atomic E-state index is 0. The lowest BCUT2D eigenvalue weighted by atomic mass is 10.1. The van der Waals surface area contributed by atoms with Gasteiger partial charge in [-0.05, 0) is 38.6 Å². The Morgan fingerprint density at radius 3 is 2.81 bits per heavy atom. The van der Waals surface area contributed by atoms with Gasteiger partial charge in [-0.3, -0.25) is 9.59 Å². The molecule has 1 fully saturated rings. The summed E-state index contributed by atoms with van der Waals surface area (Å²) in [5, 5.41) is 5.94. The average molecular weight is 312 g/mol. The highest BCUT2D eigenvalue weighted by atomic mass is 35.5. The van der Waals surface area contributed by atoms with Gasteiger partial charge in [0.1, 0.15) is 0 Å². The standard InChI is InChI=1S/C15H21N3O2.ClH/c1-11(16-2)10-17-15(20)12-5-3-6-13(9-12)18-8-4-7-14(18)19;/h3,5-6,9,11,16H,4,7-8,10H2,1-2H3,(H,17,20);1H. The van der Waals surface area contributed by atoms with Crippen molar-refractivity contribution in [2.45, 2.75) is 25.8 Å². The number of hydrogen-bond donors (Lipinski definition) is 2. The molecule has 1 aliphatic rings. The second kappa shape index (κ2) is 8.00. The van der Waals surface area contributed by atoms with Crippen LogP contribution in [-0.4, -0.2) is 38.0 Å². The monoisotopic (exact) mass is 311 g/mol. The van der Waals surface area contributed by atoms with E-state index in [1.54, 1.807) is 17.0 Å². The predicted molar refractivity (Wildman–Crippen MR) is 86.1 cm³/mol. The fourth-order valence-corrected chi connectivity index (χ4v) is 2.19. The van der Waals surface area contributed by atoms with E-state index in [-0.39, 0.29) is 30.3 Å². The molecule has 0 bridgehead atoms. The first-order valence-corrected chi connectivity index (χ1v) is 6.97. The summed E-state index contributed by atoms with van der Waals surface area (Å²) in [6.07, 6.45) is 1.48. The van der Waals surface area contributed by atoms with Crippen molar-refractivity contribution >= 4 is 29.9 Å². The Hall–Kier alpha value is -1.59. The molecule has 2 rings (SSSR count). The molecule has 0 saturated carbocycles. The Morgan fingerprint density at radius 2 is 2.19 bits per heavy atom. The molecule has 0 spiro atoms. The van der Waals surface area contributed by atoms with E-state index in [2.05, 4.69) is 10.6 Å². The number of carbonyl (C=O) groups excluding carboxylic acids is 2. The maximum atomic E-state index is 12.1. The molecule has 2 N–H and O–H groups in total. The van der Waals surface area contributed by atoms with Gasteiger partial charge < -0.3 is 15.5 Å². The van der Waals surface area contributed by atoms with E-state index in [1.807, 2.05) is 26.1 Å². The summed E-state index contributed by atoms with van der Waals surface area (Å²) in [6.45, 7) is 3.31. The maximum Gasteiger partial charge on any atom is 0.251 e. The van der Waals surface area contributed by atoms with Crippen molar-refractivity contribution in [3.63, 3.8) is 0 Å². The van der Waals surface area contributed by atoms with Crippen LogP contribution < -0.4 is 15.5 Å². The number of rotatable bonds is 5. The summed E-state index contributed by atoms with van der Waals surface area (Å²) < 4.78 is 0. The van der Waals surface area contributed by atoms with Crippen LogP contribution in [0.1, 0.15) is 30.1 Å². The van der Waals surface area contributed by atoms with Gasteiger partial charge in [-0.25, -0.2) is 0 Å². The molecule has 2 amide bonds. The van der Waals surface area contributed by atoms with Crippen molar-refractivity contribution in [1.29, 1.82) is 0 Å². The fourth-order valence-electron chi connectivity index (χ4n) is 2.19. The lowest BCUT2D eigenvalue weighted by Gasteiger charge is -2.17. The molecule has 21 heavy (non-hydrogen) atoms. The number of amides is 2. The zero-order valence-electron chi connectivity index (χ0n) is 12.4. The van der Waals surface area contributed by atoms with Gasteiger partial charge in [0, 0.05) is 36.8 Å². The first kappa shape index (κ1) is 17.5. The molecule has 0 aliphatic carbocycles. The second-order valence-corrected chi connectivity index (χ2v) is 5.10. The third-order valence-electron chi connectivity index (χ3n) is 3.56. The van der Waals surface area contributed by atoms with E-state index in [0.717, 1.165) is 18.7 Å². The molecule has 0 radical (unpaired) electrons. The Bertz CT molecular complexity index is 507. The quantitative estimate of drug-likeness (QED) is 0.868. The number of likely N-dealkylation sites (N-methyl/N-ethyl adjacent to an activating group) is 1. The molecular formula is C15H22ClN3O2. The molecule has 1 aromatic carbocycles. The van der Waals surface area contributed by atoms with Gasteiger partial charge in [0.05, 0.1) is 0 Å². The van der Waals surface area contributed by atoms with Crippen LogP contribution in [0.15, 0.2) is 24.3 Å². The number of nitrogens with one attached hydrogen (secondary N) is 2. The minimum atomic E-state index is -0.111. The average Bonchev–Trinajstić information content (AvgIpc) is 2.90. The normalized spacial score (nSPS) is 15.5. The van der Waals surface area contributed by atoms with E-state index in [9.17, 15) is 9.59 Å². The Kier molecular flexibility index (Phi) is 6.65. The van der Waals surface area contributed by atoms with Gasteiger partial charge in [0.25, 0.3) is 5.91 Å². The van der Waals surface area contributed by atoms with Gasteiger partial charge in [0.15, 0.2) is 0 Å². The molecule has 1 heterocycles. The second-order valence-electron chi connectivity index (χ2n) is 5.10. The van der Waals surface area contributed by atoms with Crippen LogP contribution in [0.3, 0.4) is 0 Å². The SMILES string of the molecule is CNC(C)CNC(=O)c1cccc(N2CCCC2=O)c1.Cl. The van der Waals surface area contributed by atoms with Crippen LogP contribution in [0.2, 0.25) is 0 Å². The van der Waals surface area contributed by atoms with Crippen molar-refractivity contribution in [1.82, 2.24) is 10.6 Å². The van der Waals surface area contributed by atoms with Crippen molar-refractivity contribution < 1.29 is 9.59 Å². The number of benzene rings is 1. The molecule has 1 aromatic rings. The first-order chi connectivity index (χ1) is 9.61. The summed E-state index contributed by atoms with van der Waals surface area (Å²) in [5.41, 5.74) is 1.40. The summed E-state index contributed by atoms with van der Waals surface area (Å²) in [4.78, 5) is 25.5. The number of hydrogen-bond acceptors (Lipinski definition) is 3. The van der Waals surface area contributed by atoms with Crippen molar-refractivity contribution in [2.24, 2.45) is 0 Å². The van der Waals surface area contributed by atoms with Crippen LogP contribution in [-0.2, 0) is 4.79 Å². The summed E-state index contributed by atoms with van der Waals surface area (Å²) >= 11 is 0. The highest BCUT2D eigenvalue weighted by molar-refractivity contribution is 5.99. The van der Waals surface area contributed by atoms with E-state index in [0.29, 0.717) is 18.5 Å². The molecule has 6 heteroatoms. The Labute approximate surface area is 131 Å². The fraction of sp³-hybridized carbons (Fsp3) is 0.467. The predicted octanol–water partition coefficient (Wildman–Crippen LogP) is 1.57. The number of nitrogens with zero attached hydrogens (tertiary/aromatic N) is 1. The van der Waals surface area contributed by atoms with E-state index in [1.165, 1.54) is 0 Å². The Balaban J connectivity index is 0.00000220. The van der Waals surface area contributed by atoms with E-state index in [4.69, 9.17) is 0 Å². The van der Waals surface area contributed by atoms with Gasteiger partial charge in [-0.2, -0.15) is 0 Å². The smallest absolute Gasteiger partial charge is 0.251 e. The lowest BCUT2D eigenvalue weighted by molar-refractivity contribution is -0.117. The van der Waals surface area contributed by atoms with Crippen molar-refractivity contribution in [3.05, 3.63) is 29.8 Å². The van der Waals surface area contributed by atoms with Crippen LogP contribution in [0.5, 0.6) is 0 Å². The van der Waals surface area contributed by atoms with Gasteiger partial charge in [-0.1, -0.05) is 6.07 Å². The third-order valence-corrected chi connectivity index (χ3v) is 3.56. The lowest BCUT2D eigenvalue weighted by Crippen LogP contribution is -2.37. The van der Waals surface area contributed by atoms with E-state index >= 15 is 0 Å². The first-order valence-electron chi connectivity index (χ1n) is 6.97. The van der Waals surface area contributed by atoms with Crippen molar-refractivity contribution in [2.75, 3.05) is 25.0 Å². The van der Waals surface area contributed by atoms with Crippen LogP contribution in [0.25, 0.3) is 0 Å². The highest BCUT2D eigenvalue weighted by Crippen LogP contribution is 2.22. The molecule has 1 aliphatic heterocycles. The van der Waals surface area contributed by atoms with Crippen LogP contribution >= 0.6 is 12.4 Å². The zero-order chi connectivity index (χ0) is 14.5. The van der Waals surface area contributed by atoms with Gasteiger partial charge in [0.2, 0.25) is 5.91 Å². The summed E-state index contributed by atoms with van der Waals surface area (Å²) in [5.74, 6) is 0.0203. The molecular weight excluding hydrogens is 290 g/mol. The summed E-state index contributed by atoms with van der Waals surface area (Å²) in [6, 6.07) is 7.46. The topological polar surface area (TPSA) is 61.4 Å². The number of carbonyl (C=O) groups is 2. The maximum absolute atomic E-state index is 12.1. The number of anilines is 1. The Morgan fingerprint density at radius 1 is 1.43 bits per heavy atom. The largest absolute Gasteiger partial charge is 0.350 e. The van der Waals surface area contributed by atoms with Gasteiger partial charge in [-0.15, -0.1) is 12.4 Å².